The Morgan fingerprint density at radius 2 is 1.82 bits per heavy atom. The van der Waals surface area contributed by atoms with Gasteiger partial charge in [0, 0.05) is 29.2 Å². The second kappa shape index (κ2) is 5.93. The Morgan fingerprint density at radius 1 is 1.14 bits per heavy atom. The third-order valence-corrected chi connectivity index (χ3v) is 4.26. The zero-order valence-corrected chi connectivity index (χ0v) is 13.6. The molecule has 0 aliphatic carbocycles. The third-order valence-electron chi connectivity index (χ3n) is 3.73. The van der Waals surface area contributed by atoms with Crippen LogP contribution in [0.15, 0.2) is 53.0 Å². The van der Waals surface area contributed by atoms with E-state index in [2.05, 4.69) is 21.2 Å². The lowest BCUT2D eigenvalue weighted by molar-refractivity contribution is -0.122. The SMILES string of the molecule is CC(=O)N1c2ccccc2CC1C(=O)Nc1ccc(Br)cc1. The van der Waals surface area contributed by atoms with Gasteiger partial charge < -0.3 is 5.32 Å². The highest BCUT2D eigenvalue weighted by atomic mass is 79.9. The van der Waals surface area contributed by atoms with E-state index < -0.39 is 6.04 Å². The lowest BCUT2D eigenvalue weighted by atomic mass is 10.1. The van der Waals surface area contributed by atoms with E-state index in [0.717, 1.165) is 15.7 Å². The molecule has 2 aromatic carbocycles. The molecule has 2 aromatic rings. The Bertz CT molecular complexity index is 728. The summed E-state index contributed by atoms with van der Waals surface area (Å²) in [5.74, 6) is -0.297. The molecule has 1 heterocycles. The van der Waals surface area contributed by atoms with Gasteiger partial charge in [-0.05, 0) is 35.9 Å². The van der Waals surface area contributed by atoms with Crippen LogP contribution in [0.5, 0.6) is 0 Å². The van der Waals surface area contributed by atoms with Crippen molar-refractivity contribution in [3.63, 3.8) is 0 Å². The van der Waals surface area contributed by atoms with Gasteiger partial charge in [-0.2, -0.15) is 0 Å². The van der Waals surface area contributed by atoms with E-state index in [0.29, 0.717) is 12.1 Å². The Morgan fingerprint density at radius 3 is 2.50 bits per heavy atom. The first-order valence-corrected chi connectivity index (χ1v) is 7.79. The van der Waals surface area contributed by atoms with Crippen molar-refractivity contribution in [3.05, 3.63) is 58.6 Å². The summed E-state index contributed by atoms with van der Waals surface area (Å²) < 4.78 is 0.948. The van der Waals surface area contributed by atoms with Gasteiger partial charge in [0.1, 0.15) is 6.04 Å². The summed E-state index contributed by atoms with van der Waals surface area (Å²) in [7, 11) is 0. The maximum absolute atomic E-state index is 12.6. The highest BCUT2D eigenvalue weighted by Crippen LogP contribution is 2.32. The summed E-state index contributed by atoms with van der Waals surface area (Å²) in [6.07, 6.45) is 0.540. The molecule has 0 bridgehead atoms. The molecular formula is C17H15BrN2O2. The Kier molecular flexibility index (Phi) is 3.98. The summed E-state index contributed by atoms with van der Waals surface area (Å²) in [6, 6.07) is 14.5. The monoisotopic (exact) mass is 358 g/mol. The van der Waals surface area contributed by atoms with E-state index in [1.165, 1.54) is 6.92 Å². The normalized spacial score (nSPS) is 16.3. The van der Waals surface area contributed by atoms with Crippen LogP contribution in [-0.2, 0) is 16.0 Å². The first kappa shape index (κ1) is 14.8. The van der Waals surface area contributed by atoms with Crippen molar-refractivity contribution in [1.29, 1.82) is 0 Å². The van der Waals surface area contributed by atoms with Gasteiger partial charge in [-0.1, -0.05) is 34.1 Å². The minimum atomic E-state index is -0.501. The molecule has 22 heavy (non-hydrogen) atoms. The van der Waals surface area contributed by atoms with Crippen molar-refractivity contribution in [1.82, 2.24) is 0 Å². The van der Waals surface area contributed by atoms with Gasteiger partial charge >= 0.3 is 0 Å². The van der Waals surface area contributed by atoms with Crippen LogP contribution in [0.25, 0.3) is 0 Å². The predicted octanol–water partition coefficient (Wildman–Crippen LogP) is 3.37. The summed E-state index contributed by atoms with van der Waals surface area (Å²) in [5, 5.41) is 2.88. The molecule has 0 saturated heterocycles. The lowest BCUT2D eigenvalue weighted by Gasteiger charge is -2.23. The molecule has 1 aliphatic heterocycles. The van der Waals surface area contributed by atoms with Crippen molar-refractivity contribution in [2.45, 2.75) is 19.4 Å². The van der Waals surface area contributed by atoms with Crippen molar-refractivity contribution in [2.24, 2.45) is 0 Å². The molecule has 0 spiro atoms. The molecule has 1 N–H and O–H groups in total. The zero-order chi connectivity index (χ0) is 15.7. The quantitative estimate of drug-likeness (QED) is 0.894. The van der Waals surface area contributed by atoms with E-state index >= 15 is 0 Å². The van der Waals surface area contributed by atoms with Crippen LogP contribution >= 0.6 is 15.9 Å². The number of halogens is 1. The number of carbonyl (C=O) groups is 2. The maximum Gasteiger partial charge on any atom is 0.247 e. The number of hydrogen-bond donors (Lipinski definition) is 1. The molecule has 112 valence electrons. The molecule has 1 unspecified atom stereocenters. The molecule has 1 atom stereocenters. The summed E-state index contributed by atoms with van der Waals surface area (Å²) in [5.41, 5.74) is 2.56. The second-order valence-electron chi connectivity index (χ2n) is 5.23. The molecular weight excluding hydrogens is 344 g/mol. The lowest BCUT2D eigenvalue weighted by Crippen LogP contribution is -2.44. The summed E-state index contributed by atoms with van der Waals surface area (Å²) in [4.78, 5) is 26.1. The van der Waals surface area contributed by atoms with Crippen LogP contribution in [0.4, 0.5) is 11.4 Å². The molecule has 4 nitrogen and oxygen atoms in total. The molecule has 5 heteroatoms. The van der Waals surface area contributed by atoms with E-state index in [1.54, 1.807) is 4.90 Å². The number of fused-ring (bicyclic) bond motifs is 1. The fourth-order valence-corrected chi connectivity index (χ4v) is 3.01. The van der Waals surface area contributed by atoms with Crippen molar-refractivity contribution in [3.8, 4) is 0 Å². The second-order valence-corrected chi connectivity index (χ2v) is 6.15. The van der Waals surface area contributed by atoms with E-state index in [1.807, 2.05) is 48.5 Å². The molecule has 2 amide bonds. The van der Waals surface area contributed by atoms with Gasteiger partial charge in [-0.15, -0.1) is 0 Å². The van der Waals surface area contributed by atoms with E-state index in [4.69, 9.17) is 0 Å². The van der Waals surface area contributed by atoms with E-state index in [-0.39, 0.29) is 11.8 Å². The minimum Gasteiger partial charge on any atom is -0.324 e. The van der Waals surface area contributed by atoms with Gasteiger partial charge in [-0.3, -0.25) is 14.5 Å². The van der Waals surface area contributed by atoms with Gasteiger partial charge in [0.05, 0.1) is 0 Å². The molecule has 0 radical (unpaired) electrons. The van der Waals surface area contributed by atoms with Crippen LogP contribution in [0, 0.1) is 0 Å². The standard InChI is InChI=1S/C17H15BrN2O2/c1-11(21)20-15-5-3-2-4-12(15)10-16(20)17(22)19-14-8-6-13(18)7-9-14/h2-9,16H,10H2,1H3,(H,19,22). The van der Waals surface area contributed by atoms with Crippen LogP contribution in [0.1, 0.15) is 12.5 Å². The number of rotatable bonds is 2. The first-order valence-electron chi connectivity index (χ1n) is 7.00. The van der Waals surface area contributed by atoms with Crippen LogP contribution < -0.4 is 10.2 Å². The zero-order valence-electron chi connectivity index (χ0n) is 12.0. The van der Waals surface area contributed by atoms with Gasteiger partial charge in [0.25, 0.3) is 0 Å². The van der Waals surface area contributed by atoms with Crippen molar-refractivity contribution < 1.29 is 9.59 Å². The largest absolute Gasteiger partial charge is 0.324 e. The number of carbonyl (C=O) groups excluding carboxylic acids is 2. The average molecular weight is 359 g/mol. The number of nitrogens with one attached hydrogen (secondary N) is 1. The van der Waals surface area contributed by atoms with Gasteiger partial charge in [0.2, 0.25) is 11.8 Å². The topological polar surface area (TPSA) is 49.4 Å². The number of para-hydroxylation sites is 1. The Balaban J connectivity index is 1.83. The molecule has 3 rings (SSSR count). The van der Waals surface area contributed by atoms with Gasteiger partial charge in [0.15, 0.2) is 0 Å². The molecule has 0 aromatic heterocycles. The fourth-order valence-electron chi connectivity index (χ4n) is 2.74. The van der Waals surface area contributed by atoms with Crippen molar-refractivity contribution in [2.75, 3.05) is 10.2 Å². The predicted molar refractivity (Wildman–Crippen MR) is 89.9 cm³/mol. The maximum atomic E-state index is 12.6. The highest BCUT2D eigenvalue weighted by molar-refractivity contribution is 9.10. The van der Waals surface area contributed by atoms with Crippen molar-refractivity contribution >= 4 is 39.1 Å². The van der Waals surface area contributed by atoms with E-state index in [9.17, 15) is 9.59 Å². The minimum absolute atomic E-state index is 0.124. The smallest absolute Gasteiger partial charge is 0.247 e. The van der Waals surface area contributed by atoms with Crippen LogP contribution in [0.3, 0.4) is 0 Å². The molecule has 1 aliphatic rings. The molecule has 0 saturated carbocycles. The molecule has 0 fully saturated rings. The first-order chi connectivity index (χ1) is 10.6. The number of anilines is 2. The summed E-state index contributed by atoms with van der Waals surface area (Å²) in [6.45, 7) is 1.49. The number of amides is 2. The average Bonchev–Trinajstić information content (AvgIpc) is 2.89. The third kappa shape index (κ3) is 2.76. The fraction of sp³-hybridized carbons (Fsp3) is 0.176. The summed E-state index contributed by atoms with van der Waals surface area (Å²) >= 11 is 3.36. The number of hydrogen-bond acceptors (Lipinski definition) is 2. The highest BCUT2D eigenvalue weighted by Gasteiger charge is 2.36. The van der Waals surface area contributed by atoms with Gasteiger partial charge in [-0.25, -0.2) is 0 Å². The Hall–Kier alpha value is -2.14. The van der Waals surface area contributed by atoms with Crippen LogP contribution in [0.2, 0.25) is 0 Å². The van der Waals surface area contributed by atoms with Crippen LogP contribution in [-0.4, -0.2) is 17.9 Å². The Labute approximate surface area is 137 Å². The number of nitrogens with zero attached hydrogens (tertiary/aromatic N) is 1. The number of benzene rings is 2.